The second-order valence-corrected chi connectivity index (χ2v) is 8.67. The maximum Gasteiger partial charge on any atom is 0.436 e. The predicted molar refractivity (Wildman–Crippen MR) is 121 cm³/mol. The molecule has 0 amide bonds. The minimum atomic E-state index is -0.186. The average Bonchev–Trinajstić information content (AvgIpc) is 2.73. The van der Waals surface area contributed by atoms with E-state index in [9.17, 15) is 0 Å². The molecule has 1 fully saturated rings. The molecule has 3 nitrogen and oxygen atoms in total. The van der Waals surface area contributed by atoms with Crippen molar-refractivity contribution in [1.29, 1.82) is 0 Å². The smallest absolute Gasteiger partial charge is 0.436 e. The Morgan fingerprint density at radius 1 is 0.370 bits per heavy atom. The third kappa shape index (κ3) is 4.64. The minimum Gasteiger partial charge on any atom is -0.452 e. The average molecular weight is 378 g/mol. The van der Waals surface area contributed by atoms with E-state index in [-0.39, 0.29) is 37.3 Å². The highest BCUT2D eigenvalue weighted by atomic mass is 16.7. The van der Waals surface area contributed by atoms with Crippen molar-refractivity contribution in [1.82, 2.24) is 0 Å². The third-order valence-electron chi connectivity index (χ3n) is 8.58. The van der Waals surface area contributed by atoms with Gasteiger partial charge < -0.3 is 13.7 Å². The lowest BCUT2D eigenvalue weighted by molar-refractivity contribution is 0.191. The molecule has 1 heterocycles. The molecule has 1 saturated heterocycles. The van der Waals surface area contributed by atoms with Crippen molar-refractivity contribution in [3.8, 4) is 0 Å². The first-order valence-electron chi connectivity index (χ1n) is 11.8. The molecule has 1 aliphatic heterocycles. The molecule has 0 atom stereocenters. The number of hydrogen-bond donors (Lipinski definition) is 0. The normalized spacial score (nSPS) is 17.0. The summed E-state index contributed by atoms with van der Waals surface area (Å²) in [5, 5.41) is 0.173. The summed E-state index contributed by atoms with van der Waals surface area (Å²) in [6.07, 6.45) is 9.61. The van der Waals surface area contributed by atoms with Crippen molar-refractivity contribution < 1.29 is 13.7 Å². The molecule has 0 N–H and O–H groups in total. The van der Waals surface area contributed by atoms with Gasteiger partial charge in [0, 0.05) is 15.9 Å². The second kappa shape index (κ2) is 10.7. The van der Waals surface area contributed by atoms with Crippen molar-refractivity contribution in [3.63, 3.8) is 0 Å². The van der Waals surface area contributed by atoms with Crippen LogP contribution < -0.4 is 0 Å². The van der Waals surface area contributed by atoms with E-state index in [1.807, 2.05) is 0 Å². The van der Waals surface area contributed by atoms with Gasteiger partial charge in [0.05, 0.1) is 0 Å². The Kier molecular flexibility index (Phi) is 9.99. The van der Waals surface area contributed by atoms with Gasteiger partial charge in [0.25, 0.3) is 0 Å². The summed E-state index contributed by atoms with van der Waals surface area (Å²) in [5.41, 5.74) is 0. The van der Waals surface area contributed by atoms with E-state index in [1.54, 1.807) is 0 Å². The zero-order chi connectivity index (χ0) is 20.7. The maximum atomic E-state index is 6.68. The van der Waals surface area contributed by atoms with Crippen LogP contribution in [0.15, 0.2) is 0 Å². The topological polar surface area (TPSA) is 27.7 Å². The van der Waals surface area contributed by atoms with E-state index in [0.717, 1.165) is 57.8 Å². The molecule has 6 heteroatoms. The Morgan fingerprint density at radius 3 is 0.630 bits per heavy atom. The van der Waals surface area contributed by atoms with Gasteiger partial charge in [-0.3, -0.25) is 0 Å². The lowest BCUT2D eigenvalue weighted by Crippen LogP contribution is -2.60. The van der Waals surface area contributed by atoms with Crippen molar-refractivity contribution in [2.45, 2.75) is 136 Å². The third-order valence-corrected chi connectivity index (χ3v) is 8.58. The zero-order valence-electron chi connectivity index (χ0n) is 19.8. The predicted octanol–water partition coefficient (Wildman–Crippen LogP) is 7.43. The summed E-state index contributed by atoms with van der Waals surface area (Å²) in [5.74, 6) is 0. The minimum absolute atomic E-state index is 0.0577. The van der Waals surface area contributed by atoms with Crippen LogP contribution in [0.2, 0.25) is 15.9 Å². The lowest BCUT2D eigenvalue weighted by atomic mass is 9.41. The summed E-state index contributed by atoms with van der Waals surface area (Å²) < 4.78 is 20.0. The largest absolute Gasteiger partial charge is 0.452 e. The van der Waals surface area contributed by atoms with Crippen molar-refractivity contribution in [3.05, 3.63) is 0 Å². The van der Waals surface area contributed by atoms with E-state index in [2.05, 4.69) is 62.3 Å². The number of rotatable bonds is 12. The summed E-state index contributed by atoms with van der Waals surface area (Å²) in [6.45, 7) is 20.5. The molecule has 0 aliphatic carbocycles. The molecule has 0 saturated carbocycles. The quantitative estimate of drug-likeness (QED) is 0.331. The molecule has 1 aliphatic rings. The van der Waals surface area contributed by atoms with Crippen LogP contribution in [-0.2, 0) is 13.7 Å². The van der Waals surface area contributed by atoms with Crippen LogP contribution >= 0.6 is 0 Å². The molecular weight excluding hydrogens is 333 g/mol. The summed E-state index contributed by atoms with van der Waals surface area (Å²) >= 11 is 0. The van der Waals surface area contributed by atoms with Crippen LogP contribution in [-0.4, -0.2) is 21.4 Å². The van der Waals surface area contributed by atoms with Crippen LogP contribution in [0.3, 0.4) is 0 Å². The molecule has 0 aromatic heterocycles. The van der Waals surface area contributed by atoms with E-state index in [1.165, 1.54) is 0 Å². The molecule has 0 bridgehead atoms. The van der Waals surface area contributed by atoms with Crippen LogP contribution in [0.5, 0.6) is 0 Å². The first kappa shape index (κ1) is 25.1. The Morgan fingerprint density at radius 2 is 0.519 bits per heavy atom. The van der Waals surface area contributed by atoms with Crippen molar-refractivity contribution in [2.75, 3.05) is 0 Å². The van der Waals surface area contributed by atoms with Crippen LogP contribution in [0.1, 0.15) is 120 Å². The molecule has 1 rings (SSSR count). The van der Waals surface area contributed by atoms with Gasteiger partial charge in [-0.1, -0.05) is 120 Å². The highest BCUT2D eigenvalue weighted by molar-refractivity contribution is 6.77. The van der Waals surface area contributed by atoms with Gasteiger partial charge in [0.1, 0.15) is 0 Å². The van der Waals surface area contributed by atoms with E-state index < -0.39 is 0 Å². The number of hydrogen-bond acceptors (Lipinski definition) is 3. The fourth-order valence-electron chi connectivity index (χ4n) is 5.05. The molecule has 0 radical (unpaired) electrons. The van der Waals surface area contributed by atoms with Gasteiger partial charge in [-0.05, 0) is 0 Å². The van der Waals surface area contributed by atoms with Crippen molar-refractivity contribution >= 4 is 21.4 Å². The molecule has 0 unspecified atom stereocenters. The van der Waals surface area contributed by atoms with Gasteiger partial charge in [-0.2, -0.15) is 0 Å². The van der Waals surface area contributed by atoms with Gasteiger partial charge in [-0.25, -0.2) is 0 Å². The Bertz CT molecular complexity index is 328. The standard InChI is InChI=1S/C21H45B3O3/c1-10-19(11-2,12-3)22-25-23(20(13-4,14-5)15-6)27-24(26-22)21(16-7,17-8)18-9/h10-18H2,1-9H3. The Labute approximate surface area is 171 Å². The second-order valence-electron chi connectivity index (χ2n) is 8.67. The van der Waals surface area contributed by atoms with Gasteiger partial charge in [0.15, 0.2) is 0 Å². The van der Waals surface area contributed by atoms with E-state index in [4.69, 9.17) is 13.7 Å². The zero-order valence-corrected chi connectivity index (χ0v) is 19.8. The van der Waals surface area contributed by atoms with E-state index in [0.29, 0.717) is 0 Å². The van der Waals surface area contributed by atoms with Crippen LogP contribution in [0, 0.1) is 0 Å². The fraction of sp³-hybridized carbons (Fsp3) is 1.00. The molecule has 27 heavy (non-hydrogen) atoms. The molecule has 0 aromatic rings. The fourth-order valence-corrected chi connectivity index (χ4v) is 5.05. The van der Waals surface area contributed by atoms with E-state index >= 15 is 0 Å². The first-order valence-corrected chi connectivity index (χ1v) is 11.8. The van der Waals surface area contributed by atoms with Crippen molar-refractivity contribution in [2.24, 2.45) is 0 Å². The van der Waals surface area contributed by atoms with Gasteiger partial charge >= 0.3 is 21.4 Å². The highest BCUT2D eigenvalue weighted by Gasteiger charge is 2.59. The Hall–Kier alpha value is 0.0748. The lowest BCUT2D eigenvalue weighted by Gasteiger charge is -2.50. The summed E-state index contributed by atoms with van der Waals surface area (Å²) in [7, 11) is -0.558. The van der Waals surface area contributed by atoms with Gasteiger partial charge in [-0.15, -0.1) is 0 Å². The maximum absolute atomic E-state index is 6.68. The first-order chi connectivity index (χ1) is 12.9. The highest BCUT2D eigenvalue weighted by Crippen LogP contribution is 2.53. The SMILES string of the molecule is CCC(CC)(CC)B1OB(C(CC)(CC)CC)OB(C(CC)(CC)CC)O1. The molecule has 0 aromatic carbocycles. The monoisotopic (exact) mass is 378 g/mol. The molecule has 0 spiro atoms. The van der Waals surface area contributed by atoms with Crippen LogP contribution in [0.25, 0.3) is 0 Å². The molecular formula is C21H45B3O3. The Balaban J connectivity index is 3.39. The molecule has 156 valence electrons. The summed E-state index contributed by atoms with van der Waals surface area (Å²) in [4.78, 5) is 0. The van der Waals surface area contributed by atoms with Gasteiger partial charge in [0.2, 0.25) is 0 Å². The van der Waals surface area contributed by atoms with Crippen LogP contribution in [0.4, 0.5) is 0 Å². The summed E-state index contributed by atoms with van der Waals surface area (Å²) in [6, 6.07) is 0.